The number of ether oxygens (including phenoxy) is 1. The molecule has 0 unspecified atom stereocenters. The Hall–Kier alpha value is -3.56. The van der Waals surface area contributed by atoms with Crippen LogP contribution >= 0.6 is 11.6 Å². The Morgan fingerprint density at radius 1 is 0.976 bits per heavy atom. The van der Waals surface area contributed by atoms with Crippen LogP contribution in [0.2, 0.25) is 5.02 Å². The number of methoxy groups -OCH3 is 1. The molecule has 0 heterocycles. The molecule has 3 rings (SSSR count). The highest BCUT2D eigenvalue weighted by Crippen LogP contribution is 2.27. The predicted molar refractivity (Wildman–Crippen MR) is 163 cm³/mol. The number of hydrogen-bond acceptors (Lipinski definition) is 5. The molecule has 0 saturated heterocycles. The Morgan fingerprint density at radius 2 is 1.63 bits per heavy atom. The summed E-state index contributed by atoms with van der Waals surface area (Å²) in [6.45, 7) is 7.12. The molecule has 10 heteroatoms. The quantitative estimate of drug-likeness (QED) is 0.277. The van der Waals surface area contributed by atoms with Gasteiger partial charge in [0.2, 0.25) is 11.8 Å². The Kier molecular flexibility index (Phi) is 11.2. The third kappa shape index (κ3) is 8.24. The van der Waals surface area contributed by atoms with Gasteiger partial charge in [0.15, 0.2) is 0 Å². The molecule has 0 bridgehead atoms. The lowest BCUT2D eigenvalue weighted by Gasteiger charge is -2.33. The molecular formula is C31H38ClN3O5S. The molecule has 8 nitrogen and oxygen atoms in total. The molecule has 0 saturated carbocycles. The van der Waals surface area contributed by atoms with Crippen molar-refractivity contribution in [1.82, 2.24) is 10.2 Å². The SMILES string of the molecule is CC[C@H](C)NC(=O)[C@H](CC)N(Cc1ccc(OC)cc1)C(=O)CN(c1cccc(Cl)c1)S(=O)(=O)c1ccc(C)cc1. The largest absolute Gasteiger partial charge is 0.497 e. The third-order valence-electron chi connectivity index (χ3n) is 6.88. The molecule has 1 N–H and O–H groups in total. The van der Waals surface area contributed by atoms with Crippen molar-refractivity contribution in [2.45, 2.75) is 64.1 Å². The zero-order valence-corrected chi connectivity index (χ0v) is 25.7. The number of nitrogens with zero attached hydrogens (tertiary/aromatic N) is 2. The van der Waals surface area contributed by atoms with Crippen LogP contribution in [0.1, 0.15) is 44.7 Å². The Morgan fingerprint density at radius 3 is 2.20 bits per heavy atom. The molecule has 2 amide bonds. The molecule has 0 spiro atoms. The van der Waals surface area contributed by atoms with Crippen molar-refractivity contribution in [3.8, 4) is 5.75 Å². The van der Waals surface area contributed by atoms with Gasteiger partial charge in [-0.05, 0) is 74.7 Å². The second-order valence-corrected chi connectivity index (χ2v) is 12.2. The minimum Gasteiger partial charge on any atom is -0.497 e. The topological polar surface area (TPSA) is 96.0 Å². The number of benzene rings is 3. The first-order valence-corrected chi connectivity index (χ1v) is 15.4. The molecule has 41 heavy (non-hydrogen) atoms. The van der Waals surface area contributed by atoms with Crippen molar-refractivity contribution >= 4 is 39.1 Å². The highest BCUT2D eigenvalue weighted by Gasteiger charge is 2.34. The van der Waals surface area contributed by atoms with Crippen LogP contribution in [-0.2, 0) is 26.2 Å². The molecule has 0 aliphatic heterocycles. The van der Waals surface area contributed by atoms with E-state index in [4.69, 9.17) is 16.3 Å². The van der Waals surface area contributed by atoms with Gasteiger partial charge < -0.3 is 15.0 Å². The van der Waals surface area contributed by atoms with Gasteiger partial charge in [0.25, 0.3) is 10.0 Å². The number of nitrogens with one attached hydrogen (secondary N) is 1. The lowest BCUT2D eigenvalue weighted by molar-refractivity contribution is -0.140. The molecule has 220 valence electrons. The van der Waals surface area contributed by atoms with Crippen molar-refractivity contribution < 1.29 is 22.7 Å². The van der Waals surface area contributed by atoms with Gasteiger partial charge in [0, 0.05) is 17.6 Å². The van der Waals surface area contributed by atoms with E-state index in [9.17, 15) is 18.0 Å². The van der Waals surface area contributed by atoms with Crippen LogP contribution in [0.25, 0.3) is 0 Å². The molecule has 0 aromatic heterocycles. The highest BCUT2D eigenvalue weighted by molar-refractivity contribution is 7.92. The van der Waals surface area contributed by atoms with Gasteiger partial charge in [-0.25, -0.2) is 8.42 Å². The van der Waals surface area contributed by atoms with E-state index < -0.39 is 28.5 Å². The summed E-state index contributed by atoms with van der Waals surface area (Å²) < 4.78 is 34.1. The molecule has 3 aromatic rings. The summed E-state index contributed by atoms with van der Waals surface area (Å²) in [6.07, 6.45) is 1.07. The number of sulfonamides is 1. The minimum absolute atomic E-state index is 0.0409. The normalized spacial score (nSPS) is 12.7. The maximum Gasteiger partial charge on any atom is 0.264 e. The van der Waals surface area contributed by atoms with Crippen LogP contribution in [0.4, 0.5) is 5.69 Å². The van der Waals surface area contributed by atoms with E-state index in [2.05, 4.69) is 5.32 Å². The zero-order chi connectivity index (χ0) is 30.2. The van der Waals surface area contributed by atoms with Crippen molar-refractivity contribution in [1.29, 1.82) is 0 Å². The van der Waals surface area contributed by atoms with Crippen molar-refractivity contribution in [2.75, 3.05) is 18.0 Å². The number of halogens is 1. The molecule has 0 fully saturated rings. The van der Waals surface area contributed by atoms with Crippen molar-refractivity contribution in [3.63, 3.8) is 0 Å². The fraction of sp³-hybridized carbons (Fsp3) is 0.355. The van der Waals surface area contributed by atoms with E-state index in [0.717, 1.165) is 21.9 Å². The number of aryl methyl sites for hydroxylation is 1. The average Bonchev–Trinajstić information content (AvgIpc) is 2.96. The number of amides is 2. The van der Waals surface area contributed by atoms with Crippen LogP contribution in [-0.4, -0.2) is 50.9 Å². The van der Waals surface area contributed by atoms with Gasteiger partial charge in [-0.1, -0.05) is 61.3 Å². The fourth-order valence-corrected chi connectivity index (χ4v) is 5.88. The van der Waals surface area contributed by atoms with Crippen LogP contribution in [0.5, 0.6) is 5.75 Å². The van der Waals surface area contributed by atoms with E-state index in [1.165, 1.54) is 23.1 Å². The van der Waals surface area contributed by atoms with Gasteiger partial charge >= 0.3 is 0 Å². The first-order valence-electron chi connectivity index (χ1n) is 13.6. The molecular weight excluding hydrogens is 562 g/mol. The van der Waals surface area contributed by atoms with Crippen LogP contribution < -0.4 is 14.4 Å². The Bertz CT molecular complexity index is 1430. The highest BCUT2D eigenvalue weighted by atomic mass is 35.5. The van der Waals surface area contributed by atoms with E-state index in [-0.39, 0.29) is 29.1 Å². The van der Waals surface area contributed by atoms with Crippen LogP contribution in [0.3, 0.4) is 0 Å². The summed E-state index contributed by atoms with van der Waals surface area (Å²) in [4.78, 5) is 29.0. The summed E-state index contributed by atoms with van der Waals surface area (Å²) in [7, 11) is -2.60. The zero-order valence-electron chi connectivity index (χ0n) is 24.1. The maximum absolute atomic E-state index is 14.1. The monoisotopic (exact) mass is 599 g/mol. The van der Waals surface area contributed by atoms with Gasteiger partial charge in [-0.15, -0.1) is 0 Å². The van der Waals surface area contributed by atoms with Gasteiger partial charge in [-0.2, -0.15) is 0 Å². The van der Waals surface area contributed by atoms with Crippen molar-refractivity contribution in [2.24, 2.45) is 0 Å². The summed E-state index contributed by atoms with van der Waals surface area (Å²) in [6, 6.07) is 19.1. The Labute approximate surface area is 248 Å². The number of carbonyl (C=O) groups excluding carboxylic acids is 2. The number of rotatable bonds is 13. The first-order chi connectivity index (χ1) is 19.5. The lowest BCUT2D eigenvalue weighted by Crippen LogP contribution is -2.53. The lowest BCUT2D eigenvalue weighted by atomic mass is 10.1. The molecule has 0 aliphatic rings. The second kappa shape index (κ2) is 14.4. The molecule has 2 atom stereocenters. The third-order valence-corrected chi connectivity index (χ3v) is 8.91. The fourth-order valence-electron chi connectivity index (χ4n) is 4.29. The second-order valence-electron chi connectivity index (χ2n) is 9.92. The summed E-state index contributed by atoms with van der Waals surface area (Å²) in [5.41, 5.74) is 1.91. The number of hydrogen-bond donors (Lipinski definition) is 1. The minimum atomic E-state index is -4.16. The maximum atomic E-state index is 14.1. The first kappa shape index (κ1) is 32.0. The van der Waals surface area contributed by atoms with E-state index in [1.54, 1.807) is 49.6 Å². The molecule has 3 aromatic carbocycles. The predicted octanol–water partition coefficient (Wildman–Crippen LogP) is 5.57. The average molecular weight is 600 g/mol. The Balaban J connectivity index is 2.05. The summed E-state index contributed by atoms with van der Waals surface area (Å²) >= 11 is 6.23. The smallest absolute Gasteiger partial charge is 0.264 e. The summed E-state index contributed by atoms with van der Waals surface area (Å²) in [5, 5.41) is 3.30. The summed E-state index contributed by atoms with van der Waals surface area (Å²) in [5.74, 6) is -0.161. The molecule has 0 radical (unpaired) electrons. The number of carbonyl (C=O) groups is 2. The standard InChI is InChI=1S/C31H38ClN3O5S/c1-6-23(4)33-31(37)29(7-2)34(20-24-13-15-27(40-5)16-14-24)30(36)21-35(26-10-8-9-25(32)19-26)41(38,39)28-17-11-22(3)12-18-28/h8-19,23,29H,6-7,20-21H2,1-5H3,(H,33,37)/t23-,29-/m0/s1. The number of anilines is 1. The molecule has 0 aliphatic carbocycles. The van der Waals surface area contributed by atoms with Crippen LogP contribution in [0.15, 0.2) is 77.7 Å². The van der Waals surface area contributed by atoms with Gasteiger partial charge in [0.1, 0.15) is 18.3 Å². The van der Waals surface area contributed by atoms with E-state index >= 15 is 0 Å². The van der Waals surface area contributed by atoms with Gasteiger partial charge in [-0.3, -0.25) is 13.9 Å². The van der Waals surface area contributed by atoms with E-state index in [1.807, 2.05) is 39.8 Å². The van der Waals surface area contributed by atoms with Crippen molar-refractivity contribution in [3.05, 3.63) is 88.9 Å². The van der Waals surface area contributed by atoms with Crippen LogP contribution in [0, 0.1) is 6.92 Å². The van der Waals surface area contributed by atoms with Gasteiger partial charge in [0.05, 0.1) is 17.7 Å². The van der Waals surface area contributed by atoms with E-state index in [0.29, 0.717) is 17.2 Å².